The first-order valence-electron chi connectivity index (χ1n) is 9.17. The largest absolute Gasteiger partial charge is 0.493 e. The van der Waals surface area contributed by atoms with Gasteiger partial charge in [-0.2, -0.15) is 0 Å². The fourth-order valence-corrected chi connectivity index (χ4v) is 3.98. The number of anilines is 1. The Kier molecular flexibility index (Phi) is 7.95. The Morgan fingerprint density at radius 3 is 2.23 bits per heavy atom. The number of sulfonamides is 1. The number of methoxy groups -OCH3 is 2. The van der Waals surface area contributed by atoms with Crippen LogP contribution in [0, 0.1) is 5.82 Å². The van der Waals surface area contributed by atoms with E-state index in [1.807, 2.05) is 0 Å². The number of hydrogen-bond acceptors (Lipinski definition) is 6. The molecule has 11 heteroatoms. The minimum absolute atomic E-state index is 0.0180. The molecule has 3 N–H and O–H groups in total. The van der Waals surface area contributed by atoms with Crippen molar-refractivity contribution in [3.05, 3.63) is 47.8 Å². The van der Waals surface area contributed by atoms with Gasteiger partial charge in [-0.05, 0) is 36.8 Å². The zero-order valence-electron chi connectivity index (χ0n) is 17.3. The third-order valence-electron chi connectivity index (χ3n) is 4.46. The van der Waals surface area contributed by atoms with Crippen LogP contribution in [0.4, 0.5) is 10.1 Å². The first-order valence-corrected chi connectivity index (χ1v) is 10.6. The second-order valence-corrected chi connectivity index (χ2v) is 8.59. The molecule has 0 radical (unpaired) electrons. The van der Waals surface area contributed by atoms with Crippen molar-refractivity contribution in [1.29, 1.82) is 0 Å². The molecule has 0 aromatic heterocycles. The summed E-state index contributed by atoms with van der Waals surface area (Å²) in [6, 6.07) is 7.26. The van der Waals surface area contributed by atoms with Gasteiger partial charge in [0.25, 0.3) is 5.91 Å². The van der Waals surface area contributed by atoms with Crippen LogP contribution in [0.25, 0.3) is 0 Å². The summed E-state index contributed by atoms with van der Waals surface area (Å²) in [7, 11) is 0.375. The van der Waals surface area contributed by atoms with Gasteiger partial charge in [-0.15, -0.1) is 0 Å². The molecule has 0 atom stereocenters. The van der Waals surface area contributed by atoms with Gasteiger partial charge >= 0.3 is 0 Å². The molecule has 0 fully saturated rings. The van der Waals surface area contributed by atoms with Crippen molar-refractivity contribution in [3.63, 3.8) is 0 Å². The van der Waals surface area contributed by atoms with Gasteiger partial charge in [0.1, 0.15) is 5.82 Å². The Morgan fingerprint density at radius 2 is 1.68 bits per heavy atom. The maximum absolute atomic E-state index is 13.0. The minimum Gasteiger partial charge on any atom is -0.493 e. The molecule has 2 amide bonds. The lowest BCUT2D eigenvalue weighted by atomic mass is 10.1. The highest BCUT2D eigenvalue weighted by atomic mass is 32.2. The second-order valence-electron chi connectivity index (χ2n) is 6.55. The van der Waals surface area contributed by atoms with E-state index in [0.717, 1.165) is 16.4 Å². The monoisotopic (exact) mass is 453 g/mol. The van der Waals surface area contributed by atoms with E-state index in [9.17, 15) is 22.4 Å². The number of nitrogens with two attached hydrogens (primary N) is 1. The molecular weight excluding hydrogens is 429 g/mol. The van der Waals surface area contributed by atoms with Crippen LogP contribution < -0.4 is 20.5 Å². The number of carbonyl (C=O) groups excluding carboxylic acids is 2. The summed E-state index contributed by atoms with van der Waals surface area (Å²) < 4.78 is 49.4. The number of rotatable bonds is 10. The quantitative estimate of drug-likeness (QED) is 0.566. The summed E-state index contributed by atoms with van der Waals surface area (Å²) in [6.07, 6.45) is 0.192. The number of halogens is 1. The maximum Gasteiger partial charge on any atom is 0.250 e. The predicted molar refractivity (Wildman–Crippen MR) is 112 cm³/mol. The van der Waals surface area contributed by atoms with Crippen molar-refractivity contribution in [1.82, 2.24) is 4.31 Å². The Morgan fingerprint density at radius 1 is 1.10 bits per heavy atom. The van der Waals surface area contributed by atoms with E-state index >= 15 is 0 Å². The highest BCUT2D eigenvalue weighted by Crippen LogP contribution is 2.33. The maximum atomic E-state index is 13.0. The van der Waals surface area contributed by atoms with Crippen molar-refractivity contribution in [3.8, 4) is 11.5 Å². The molecule has 2 aromatic rings. The van der Waals surface area contributed by atoms with Crippen molar-refractivity contribution in [2.45, 2.75) is 17.7 Å². The van der Waals surface area contributed by atoms with Crippen LogP contribution in [0.15, 0.2) is 41.3 Å². The lowest BCUT2D eigenvalue weighted by Gasteiger charge is -2.17. The minimum atomic E-state index is -3.80. The van der Waals surface area contributed by atoms with Crippen molar-refractivity contribution in [2.75, 3.05) is 33.1 Å². The number of carbonyl (C=O) groups is 2. The van der Waals surface area contributed by atoms with Crippen LogP contribution in [0.5, 0.6) is 11.5 Å². The molecule has 0 heterocycles. The zero-order valence-corrected chi connectivity index (χ0v) is 18.2. The molecular formula is C20H24FN3O6S. The fourth-order valence-electron chi connectivity index (χ4n) is 2.77. The van der Waals surface area contributed by atoms with E-state index in [1.165, 1.54) is 45.5 Å². The topological polar surface area (TPSA) is 128 Å². The van der Waals surface area contributed by atoms with Gasteiger partial charge in [0.15, 0.2) is 11.5 Å². The average molecular weight is 453 g/mol. The molecule has 168 valence electrons. The number of nitrogens with one attached hydrogen (secondary N) is 1. The number of amides is 2. The zero-order chi connectivity index (χ0) is 23.2. The fraction of sp³-hybridized carbons (Fsp3) is 0.300. The Bertz CT molecular complexity index is 1060. The third-order valence-corrected chi connectivity index (χ3v) is 6.33. The molecule has 0 bridgehead atoms. The lowest BCUT2D eigenvalue weighted by molar-refractivity contribution is -0.116. The van der Waals surface area contributed by atoms with Gasteiger partial charge in [0, 0.05) is 26.1 Å². The summed E-state index contributed by atoms with van der Waals surface area (Å²) in [6.45, 7) is 0.0573. The summed E-state index contributed by atoms with van der Waals surface area (Å²) >= 11 is 0. The van der Waals surface area contributed by atoms with Gasteiger partial charge < -0.3 is 20.5 Å². The molecule has 0 spiro atoms. The molecule has 31 heavy (non-hydrogen) atoms. The van der Waals surface area contributed by atoms with Gasteiger partial charge in [-0.1, -0.05) is 0 Å². The van der Waals surface area contributed by atoms with E-state index in [4.69, 9.17) is 15.2 Å². The lowest BCUT2D eigenvalue weighted by Crippen LogP contribution is -2.28. The van der Waals surface area contributed by atoms with E-state index in [0.29, 0.717) is 5.75 Å². The van der Waals surface area contributed by atoms with E-state index < -0.39 is 27.7 Å². The molecule has 2 rings (SSSR count). The third kappa shape index (κ3) is 5.92. The first kappa shape index (κ1) is 24.1. The van der Waals surface area contributed by atoms with Crippen LogP contribution in [-0.2, 0) is 14.8 Å². The normalized spacial score (nSPS) is 11.3. The highest BCUT2D eigenvalue weighted by molar-refractivity contribution is 7.89. The number of primary amides is 1. The summed E-state index contributed by atoms with van der Waals surface area (Å²) in [4.78, 5) is 24.0. The molecule has 9 nitrogen and oxygen atoms in total. The number of hydrogen-bond donors (Lipinski definition) is 2. The molecule has 0 aliphatic rings. The molecule has 0 saturated heterocycles. The van der Waals surface area contributed by atoms with Crippen LogP contribution >= 0.6 is 0 Å². The van der Waals surface area contributed by atoms with E-state index in [-0.39, 0.29) is 41.3 Å². The number of ether oxygens (including phenoxy) is 2. The summed E-state index contributed by atoms with van der Waals surface area (Å²) in [5.41, 5.74) is 5.57. The molecule has 0 aliphatic heterocycles. The first-order chi connectivity index (χ1) is 14.6. The van der Waals surface area contributed by atoms with Crippen molar-refractivity contribution < 1.29 is 31.9 Å². The molecule has 0 saturated carbocycles. The Labute approximate surface area is 180 Å². The SMILES string of the molecule is COc1cc(NC(=O)CCCN(C)S(=O)(=O)c2ccc(F)cc2)c(C(N)=O)cc1OC. The van der Waals surface area contributed by atoms with Gasteiger partial charge in [0.2, 0.25) is 15.9 Å². The van der Waals surface area contributed by atoms with Crippen molar-refractivity contribution in [2.24, 2.45) is 5.73 Å². The van der Waals surface area contributed by atoms with Gasteiger partial charge in [-0.25, -0.2) is 17.1 Å². The molecule has 0 aliphatic carbocycles. The van der Waals surface area contributed by atoms with Crippen LogP contribution in [-0.4, -0.2) is 52.3 Å². The van der Waals surface area contributed by atoms with Gasteiger partial charge in [0.05, 0.1) is 30.4 Å². The molecule has 2 aromatic carbocycles. The van der Waals surface area contributed by atoms with E-state index in [2.05, 4.69) is 5.32 Å². The standard InChI is InChI=1S/C20H24FN3O6S/c1-24(31(27,28)14-8-6-13(21)7-9-14)10-4-5-19(25)23-16-12-18(30-3)17(29-2)11-15(16)20(22)26/h6-9,11-12H,4-5,10H2,1-3H3,(H2,22,26)(H,23,25). The van der Waals surface area contributed by atoms with Crippen LogP contribution in [0.1, 0.15) is 23.2 Å². The highest BCUT2D eigenvalue weighted by Gasteiger charge is 2.21. The second kappa shape index (κ2) is 10.2. The number of nitrogens with zero attached hydrogens (tertiary/aromatic N) is 1. The summed E-state index contributed by atoms with van der Waals surface area (Å²) in [5.74, 6) is -1.16. The average Bonchev–Trinajstić information content (AvgIpc) is 2.73. The number of benzene rings is 2. The predicted octanol–water partition coefficient (Wildman–Crippen LogP) is 1.98. The smallest absolute Gasteiger partial charge is 0.250 e. The Balaban J connectivity index is 2.02. The van der Waals surface area contributed by atoms with Gasteiger partial charge in [-0.3, -0.25) is 9.59 Å². The van der Waals surface area contributed by atoms with Crippen LogP contribution in [0.3, 0.4) is 0 Å². The Hall–Kier alpha value is -3.18. The molecule has 0 unspecified atom stereocenters. The summed E-state index contributed by atoms with van der Waals surface area (Å²) in [5, 5.41) is 2.58. The van der Waals surface area contributed by atoms with Crippen LogP contribution in [0.2, 0.25) is 0 Å². The van der Waals surface area contributed by atoms with E-state index in [1.54, 1.807) is 0 Å². The van der Waals surface area contributed by atoms with Crippen molar-refractivity contribution >= 4 is 27.5 Å².